The number of amidine groups is 1. The minimum Gasteiger partial charge on any atom is -0.295 e. The number of carbonyl (C=O) groups is 1. The van der Waals surface area contributed by atoms with Crippen molar-refractivity contribution >= 4 is 41.0 Å². The smallest absolute Gasteiger partial charge is 0.262 e. The number of rotatable bonds is 5. The normalized spacial score (nSPS) is 18.6. The third-order valence-corrected chi connectivity index (χ3v) is 5.02. The van der Waals surface area contributed by atoms with Crippen LogP contribution in [0.15, 0.2) is 63.5 Å². The standard InChI is InChI=1S/C22H21ClN4O/c1-2-3-11-24-13-18-22(28)27-19-10-9-16(23)12-17(19)21(25-14-20(27)26-18)15-7-5-4-6-8-15/h4-10,12-13,18H,2-3,11,14H2,1H3. The number of aliphatic imine (C=N–C) groups is 3. The van der Waals surface area contributed by atoms with Gasteiger partial charge in [-0.1, -0.05) is 55.3 Å². The van der Waals surface area contributed by atoms with Crippen LogP contribution in [0.2, 0.25) is 5.02 Å². The van der Waals surface area contributed by atoms with Gasteiger partial charge in [0.05, 0.1) is 17.9 Å². The topological polar surface area (TPSA) is 57.4 Å². The largest absolute Gasteiger partial charge is 0.295 e. The molecule has 0 aromatic heterocycles. The molecular weight excluding hydrogens is 372 g/mol. The molecule has 0 aliphatic carbocycles. The highest BCUT2D eigenvalue weighted by Gasteiger charge is 2.37. The van der Waals surface area contributed by atoms with Gasteiger partial charge in [0.15, 0.2) is 6.04 Å². The van der Waals surface area contributed by atoms with Crippen molar-refractivity contribution in [2.75, 3.05) is 18.0 Å². The van der Waals surface area contributed by atoms with Crippen molar-refractivity contribution in [3.8, 4) is 0 Å². The molecule has 4 rings (SSSR count). The van der Waals surface area contributed by atoms with E-state index in [9.17, 15) is 4.79 Å². The fraction of sp³-hybridized carbons (Fsp3) is 0.273. The number of anilines is 1. The summed E-state index contributed by atoms with van der Waals surface area (Å²) in [5.41, 5.74) is 3.40. The summed E-state index contributed by atoms with van der Waals surface area (Å²) in [6, 6.07) is 14.9. The lowest BCUT2D eigenvalue weighted by Crippen LogP contribution is -2.36. The Labute approximate surface area is 169 Å². The van der Waals surface area contributed by atoms with E-state index in [1.165, 1.54) is 0 Å². The Morgan fingerprint density at radius 1 is 1.25 bits per heavy atom. The van der Waals surface area contributed by atoms with Gasteiger partial charge >= 0.3 is 0 Å². The molecule has 0 radical (unpaired) electrons. The molecule has 0 spiro atoms. The lowest BCUT2D eigenvalue weighted by molar-refractivity contribution is -0.116. The third kappa shape index (κ3) is 3.50. The van der Waals surface area contributed by atoms with Crippen LogP contribution in [0.4, 0.5) is 5.69 Å². The monoisotopic (exact) mass is 392 g/mol. The van der Waals surface area contributed by atoms with Gasteiger partial charge in [-0.2, -0.15) is 0 Å². The zero-order chi connectivity index (χ0) is 19.5. The van der Waals surface area contributed by atoms with E-state index in [0.717, 1.165) is 35.4 Å². The van der Waals surface area contributed by atoms with E-state index in [4.69, 9.17) is 16.6 Å². The van der Waals surface area contributed by atoms with Crippen LogP contribution < -0.4 is 4.90 Å². The molecule has 0 saturated carbocycles. The summed E-state index contributed by atoms with van der Waals surface area (Å²) in [6.07, 6.45) is 3.74. The SMILES string of the molecule is CCCCN=CC1N=C2CN=C(c3ccccc3)c3cc(Cl)ccc3N2C1=O. The first-order chi connectivity index (χ1) is 13.7. The van der Waals surface area contributed by atoms with E-state index in [1.807, 2.05) is 42.5 Å². The molecule has 1 amide bonds. The average Bonchev–Trinajstić information content (AvgIpc) is 2.92. The van der Waals surface area contributed by atoms with Crippen LogP contribution in [0.25, 0.3) is 0 Å². The summed E-state index contributed by atoms with van der Waals surface area (Å²) < 4.78 is 0. The van der Waals surface area contributed by atoms with Crippen LogP contribution in [0.1, 0.15) is 30.9 Å². The maximum Gasteiger partial charge on any atom is 0.262 e. The minimum absolute atomic E-state index is 0.0941. The Kier molecular flexibility index (Phi) is 5.35. The molecule has 2 aromatic carbocycles. The highest BCUT2D eigenvalue weighted by molar-refractivity contribution is 6.34. The predicted molar refractivity (Wildman–Crippen MR) is 115 cm³/mol. The maximum atomic E-state index is 13.1. The molecule has 0 saturated heterocycles. The van der Waals surface area contributed by atoms with Crippen LogP contribution in [0.3, 0.4) is 0 Å². The van der Waals surface area contributed by atoms with Gasteiger partial charge in [-0.3, -0.25) is 24.7 Å². The molecule has 2 aliphatic rings. The average molecular weight is 393 g/mol. The lowest BCUT2D eigenvalue weighted by atomic mass is 10.00. The Morgan fingerprint density at radius 2 is 2.07 bits per heavy atom. The van der Waals surface area contributed by atoms with E-state index < -0.39 is 6.04 Å². The van der Waals surface area contributed by atoms with Gasteiger partial charge in [-0.15, -0.1) is 0 Å². The van der Waals surface area contributed by atoms with Crippen molar-refractivity contribution in [2.45, 2.75) is 25.8 Å². The molecule has 1 atom stereocenters. The Bertz CT molecular complexity index is 981. The first-order valence-electron chi connectivity index (χ1n) is 9.49. The van der Waals surface area contributed by atoms with E-state index >= 15 is 0 Å². The maximum absolute atomic E-state index is 13.1. The van der Waals surface area contributed by atoms with E-state index in [1.54, 1.807) is 17.2 Å². The van der Waals surface area contributed by atoms with Crippen molar-refractivity contribution in [3.05, 3.63) is 64.7 Å². The number of carbonyl (C=O) groups excluding carboxylic acids is 1. The molecule has 0 N–H and O–H groups in total. The molecule has 2 aliphatic heterocycles. The van der Waals surface area contributed by atoms with E-state index in [0.29, 0.717) is 23.9 Å². The third-order valence-electron chi connectivity index (χ3n) is 4.79. The molecular formula is C22H21ClN4O. The number of hydrogen-bond acceptors (Lipinski definition) is 4. The number of benzene rings is 2. The van der Waals surface area contributed by atoms with Crippen LogP contribution >= 0.6 is 11.6 Å². The zero-order valence-electron chi connectivity index (χ0n) is 15.7. The second-order valence-electron chi connectivity index (χ2n) is 6.76. The molecule has 0 bridgehead atoms. The number of halogens is 1. The van der Waals surface area contributed by atoms with E-state index in [-0.39, 0.29) is 5.91 Å². The summed E-state index contributed by atoms with van der Waals surface area (Å²) in [4.78, 5) is 28.5. The molecule has 142 valence electrons. The Balaban J connectivity index is 1.75. The van der Waals surface area contributed by atoms with Crippen LogP contribution in [0.5, 0.6) is 0 Å². The Hall–Kier alpha value is -2.79. The van der Waals surface area contributed by atoms with Crippen molar-refractivity contribution < 1.29 is 4.79 Å². The summed E-state index contributed by atoms with van der Waals surface area (Å²) >= 11 is 6.28. The van der Waals surface area contributed by atoms with Crippen molar-refractivity contribution in [3.63, 3.8) is 0 Å². The summed E-state index contributed by atoms with van der Waals surface area (Å²) in [6.45, 7) is 3.17. The van der Waals surface area contributed by atoms with Crippen LogP contribution in [0, 0.1) is 0 Å². The van der Waals surface area contributed by atoms with Crippen molar-refractivity contribution in [1.82, 2.24) is 0 Å². The minimum atomic E-state index is -0.580. The van der Waals surface area contributed by atoms with Gasteiger partial charge in [0.1, 0.15) is 5.84 Å². The zero-order valence-corrected chi connectivity index (χ0v) is 16.4. The summed E-state index contributed by atoms with van der Waals surface area (Å²) in [5, 5.41) is 0.604. The highest BCUT2D eigenvalue weighted by atomic mass is 35.5. The first-order valence-corrected chi connectivity index (χ1v) is 9.87. The fourth-order valence-electron chi connectivity index (χ4n) is 3.39. The lowest BCUT2D eigenvalue weighted by Gasteiger charge is -2.19. The van der Waals surface area contributed by atoms with Crippen LogP contribution in [-0.2, 0) is 4.79 Å². The summed E-state index contributed by atoms with van der Waals surface area (Å²) in [7, 11) is 0. The van der Waals surface area contributed by atoms with Gasteiger partial charge in [-0.05, 0) is 24.6 Å². The summed E-state index contributed by atoms with van der Waals surface area (Å²) in [5.74, 6) is 0.551. The fourth-order valence-corrected chi connectivity index (χ4v) is 3.57. The molecule has 5 nitrogen and oxygen atoms in total. The second kappa shape index (κ2) is 8.07. The van der Waals surface area contributed by atoms with Crippen LogP contribution in [-0.4, -0.2) is 42.8 Å². The van der Waals surface area contributed by atoms with Crippen molar-refractivity contribution in [2.24, 2.45) is 15.0 Å². The number of amides is 1. The molecule has 28 heavy (non-hydrogen) atoms. The molecule has 2 heterocycles. The van der Waals surface area contributed by atoms with Gasteiger partial charge in [0.25, 0.3) is 5.91 Å². The van der Waals surface area contributed by atoms with Gasteiger partial charge in [0, 0.05) is 28.9 Å². The molecule has 1 unspecified atom stereocenters. The Morgan fingerprint density at radius 3 is 2.86 bits per heavy atom. The second-order valence-corrected chi connectivity index (χ2v) is 7.20. The predicted octanol–water partition coefficient (Wildman–Crippen LogP) is 4.18. The molecule has 6 heteroatoms. The first kappa shape index (κ1) is 18.6. The van der Waals surface area contributed by atoms with Crippen molar-refractivity contribution in [1.29, 1.82) is 0 Å². The quantitative estimate of drug-likeness (QED) is 0.556. The number of fused-ring (bicyclic) bond motifs is 3. The number of nitrogens with zero attached hydrogens (tertiary/aromatic N) is 4. The van der Waals surface area contributed by atoms with Gasteiger partial charge < -0.3 is 0 Å². The van der Waals surface area contributed by atoms with E-state index in [2.05, 4.69) is 16.9 Å². The van der Waals surface area contributed by atoms with Gasteiger partial charge in [0.2, 0.25) is 0 Å². The highest BCUT2D eigenvalue weighted by Crippen LogP contribution is 2.32. The van der Waals surface area contributed by atoms with Gasteiger partial charge in [-0.25, -0.2) is 0 Å². The number of hydrogen-bond donors (Lipinski definition) is 0. The number of unbranched alkanes of at least 4 members (excludes halogenated alkanes) is 1. The molecule has 2 aromatic rings. The molecule has 0 fully saturated rings.